The van der Waals surface area contributed by atoms with Crippen molar-refractivity contribution in [3.8, 4) is 5.88 Å². The molecule has 0 aliphatic carbocycles. The molecule has 112 valence electrons. The van der Waals surface area contributed by atoms with E-state index in [9.17, 15) is 14.7 Å². The molecule has 0 atom stereocenters. The molecule has 1 heterocycles. The average molecular weight is 282 g/mol. The summed E-state index contributed by atoms with van der Waals surface area (Å²) in [7, 11) is 6.75. The van der Waals surface area contributed by atoms with Crippen LogP contribution in [0, 0.1) is 0 Å². The first kappa shape index (κ1) is 16.2. The monoisotopic (exact) mass is 282 g/mol. The van der Waals surface area contributed by atoms with E-state index in [4.69, 9.17) is 0 Å². The second kappa shape index (κ2) is 6.51. The van der Waals surface area contributed by atoms with Crippen molar-refractivity contribution in [3.63, 3.8) is 0 Å². The van der Waals surface area contributed by atoms with E-state index < -0.39 is 11.2 Å². The molecule has 0 aliphatic heterocycles. The molecule has 0 aliphatic rings. The van der Waals surface area contributed by atoms with E-state index in [0.29, 0.717) is 12.3 Å². The van der Waals surface area contributed by atoms with Gasteiger partial charge in [-0.05, 0) is 34.0 Å². The molecule has 1 N–H and O–H groups in total. The zero-order chi connectivity index (χ0) is 15.4. The Morgan fingerprint density at radius 2 is 1.85 bits per heavy atom. The molecule has 0 saturated heterocycles. The molecule has 0 amide bonds. The summed E-state index contributed by atoms with van der Waals surface area (Å²) in [6.07, 6.45) is 0.858. The molecule has 1 rings (SSSR count). The highest BCUT2D eigenvalue weighted by atomic mass is 16.3. The lowest BCUT2D eigenvalue weighted by Gasteiger charge is -2.10. The zero-order valence-electron chi connectivity index (χ0n) is 12.7. The molecule has 0 unspecified atom stereocenters. The number of aromatic nitrogens is 2. The second-order valence-corrected chi connectivity index (χ2v) is 5.03. The fraction of sp³-hybridized carbons (Fsp3) is 0.615. The van der Waals surface area contributed by atoms with Crippen molar-refractivity contribution in [1.82, 2.24) is 14.0 Å². The first-order valence-corrected chi connectivity index (χ1v) is 6.42. The first-order chi connectivity index (χ1) is 9.27. The Morgan fingerprint density at radius 1 is 1.25 bits per heavy atom. The van der Waals surface area contributed by atoms with Crippen LogP contribution in [-0.4, -0.2) is 52.0 Å². The van der Waals surface area contributed by atoms with Crippen molar-refractivity contribution in [2.75, 3.05) is 27.2 Å². The number of aliphatic imine (C=N–C) groups is 1. The van der Waals surface area contributed by atoms with Crippen LogP contribution >= 0.6 is 0 Å². The first-order valence-electron chi connectivity index (χ1n) is 6.42. The third-order valence-corrected chi connectivity index (χ3v) is 3.11. The van der Waals surface area contributed by atoms with E-state index in [-0.39, 0.29) is 11.4 Å². The van der Waals surface area contributed by atoms with Gasteiger partial charge in [-0.3, -0.25) is 18.9 Å². The van der Waals surface area contributed by atoms with Gasteiger partial charge in [-0.2, -0.15) is 0 Å². The van der Waals surface area contributed by atoms with Crippen LogP contribution in [-0.2, 0) is 14.1 Å². The second-order valence-electron chi connectivity index (χ2n) is 5.03. The van der Waals surface area contributed by atoms with Crippen molar-refractivity contribution in [3.05, 3.63) is 26.4 Å². The molecule has 1 aromatic heterocycles. The summed E-state index contributed by atoms with van der Waals surface area (Å²) in [5.74, 6) is -0.341. The molecule has 1 aromatic rings. The van der Waals surface area contributed by atoms with Crippen LogP contribution in [0.5, 0.6) is 5.88 Å². The lowest BCUT2D eigenvalue weighted by molar-refractivity contribution is 0.403. The summed E-state index contributed by atoms with van der Waals surface area (Å²) in [6.45, 7) is 3.13. The summed E-state index contributed by atoms with van der Waals surface area (Å²) in [5, 5.41) is 9.96. The summed E-state index contributed by atoms with van der Waals surface area (Å²) >= 11 is 0. The van der Waals surface area contributed by atoms with Crippen molar-refractivity contribution < 1.29 is 5.11 Å². The van der Waals surface area contributed by atoms with Gasteiger partial charge in [0.15, 0.2) is 0 Å². The van der Waals surface area contributed by atoms with Gasteiger partial charge in [-0.25, -0.2) is 4.79 Å². The van der Waals surface area contributed by atoms with Gasteiger partial charge >= 0.3 is 5.69 Å². The van der Waals surface area contributed by atoms with Crippen molar-refractivity contribution in [2.24, 2.45) is 19.1 Å². The van der Waals surface area contributed by atoms with Crippen LogP contribution < -0.4 is 11.2 Å². The van der Waals surface area contributed by atoms with Gasteiger partial charge in [0.1, 0.15) is 5.56 Å². The van der Waals surface area contributed by atoms with Gasteiger partial charge in [0.25, 0.3) is 5.56 Å². The standard InChI is InChI=1S/C13H22N4O3/c1-9(14-7-6-8-15(2)3)10-11(18)16(4)13(20)17(5)12(10)19/h18H,6-8H2,1-5H3. The van der Waals surface area contributed by atoms with Gasteiger partial charge in [0.2, 0.25) is 5.88 Å². The molecule has 0 saturated carbocycles. The van der Waals surface area contributed by atoms with E-state index in [1.54, 1.807) is 6.92 Å². The molecule has 0 bridgehead atoms. The lowest BCUT2D eigenvalue weighted by Crippen LogP contribution is -2.39. The number of hydrogen-bond donors (Lipinski definition) is 1. The average Bonchev–Trinajstić information content (AvgIpc) is 2.39. The van der Waals surface area contributed by atoms with Gasteiger partial charge in [0, 0.05) is 26.4 Å². The fourth-order valence-corrected chi connectivity index (χ4v) is 1.86. The molecule has 0 radical (unpaired) electrons. The quantitative estimate of drug-likeness (QED) is 0.586. The van der Waals surface area contributed by atoms with E-state index in [1.807, 2.05) is 19.0 Å². The highest BCUT2D eigenvalue weighted by molar-refractivity contribution is 6.00. The predicted octanol–water partition coefficient (Wildman–Crippen LogP) is -0.450. The minimum absolute atomic E-state index is 0.0828. The van der Waals surface area contributed by atoms with E-state index in [2.05, 4.69) is 4.99 Å². The predicted molar refractivity (Wildman–Crippen MR) is 78.8 cm³/mol. The van der Waals surface area contributed by atoms with Gasteiger partial charge in [0.05, 0.1) is 0 Å². The molecule has 20 heavy (non-hydrogen) atoms. The Labute approximate surface area is 117 Å². The highest BCUT2D eigenvalue weighted by Gasteiger charge is 2.16. The third kappa shape index (κ3) is 3.36. The topological polar surface area (TPSA) is 79.8 Å². The molecule has 0 aromatic carbocycles. The van der Waals surface area contributed by atoms with Crippen molar-refractivity contribution >= 4 is 5.71 Å². The van der Waals surface area contributed by atoms with Crippen LogP contribution in [0.3, 0.4) is 0 Å². The third-order valence-electron chi connectivity index (χ3n) is 3.11. The Hall–Kier alpha value is -1.89. The van der Waals surface area contributed by atoms with Gasteiger partial charge in [-0.15, -0.1) is 0 Å². The Morgan fingerprint density at radius 3 is 2.40 bits per heavy atom. The number of nitrogens with zero attached hydrogens (tertiary/aromatic N) is 4. The Kier molecular flexibility index (Phi) is 5.26. The van der Waals surface area contributed by atoms with Crippen molar-refractivity contribution in [2.45, 2.75) is 13.3 Å². The van der Waals surface area contributed by atoms with E-state index >= 15 is 0 Å². The summed E-state index contributed by atoms with van der Waals surface area (Å²) in [6, 6.07) is 0. The summed E-state index contributed by atoms with van der Waals surface area (Å²) < 4.78 is 2.00. The Bertz CT molecular complexity index is 626. The Balaban J connectivity index is 3.11. The minimum Gasteiger partial charge on any atom is -0.494 e. The van der Waals surface area contributed by atoms with Crippen LogP contribution in [0.2, 0.25) is 0 Å². The van der Waals surface area contributed by atoms with Gasteiger partial charge in [-0.1, -0.05) is 0 Å². The molecule has 7 heteroatoms. The number of hydrogen-bond acceptors (Lipinski definition) is 5. The molecular formula is C13H22N4O3. The fourth-order valence-electron chi connectivity index (χ4n) is 1.86. The molecule has 0 spiro atoms. The maximum atomic E-state index is 12.0. The normalized spacial score (nSPS) is 12.2. The molecular weight excluding hydrogens is 260 g/mol. The van der Waals surface area contributed by atoms with Crippen LogP contribution in [0.25, 0.3) is 0 Å². The van der Waals surface area contributed by atoms with E-state index in [0.717, 1.165) is 22.1 Å². The largest absolute Gasteiger partial charge is 0.494 e. The zero-order valence-corrected chi connectivity index (χ0v) is 12.7. The number of aromatic hydroxyl groups is 1. The van der Waals surface area contributed by atoms with Gasteiger partial charge < -0.3 is 10.0 Å². The summed E-state index contributed by atoms with van der Waals surface area (Å²) in [4.78, 5) is 30.0. The molecule has 0 fully saturated rings. The SMILES string of the molecule is CC(=NCCCN(C)C)c1c(O)n(C)c(=O)n(C)c1=O. The lowest BCUT2D eigenvalue weighted by atomic mass is 10.2. The number of rotatable bonds is 5. The maximum Gasteiger partial charge on any atom is 0.333 e. The van der Waals surface area contributed by atoms with Crippen molar-refractivity contribution in [1.29, 1.82) is 0 Å². The van der Waals surface area contributed by atoms with Crippen LogP contribution in [0.1, 0.15) is 18.9 Å². The molecule has 7 nitrogen and oxygen atoms in total. The minimum atomic E-state index is -0.559. The smallest absolute Gasteiger partial charge is 0.333 e. The highest BCUT2D eigenvalue weighted by Crippen LogP contribution is 2.10. The van der Waals surface area contributed by atoms with Crippen LogP contribution in [0.4, 0.5) is 0 Å². The summed E-state index contributed by atoms with van der Waals surface area (Å²) in [5.41, 5.74) is -0.562. The van der Waals surface area contributed by atoms with E-state index in [1.165, 1.54) is 14.1 Å². The maximum absolute atomic E-state index is 12.0. The van der Waals surface area contributed by atoms with Crippen LogP contribution in [0.15, 0.2) is 14.6 Å².